The van der Waals surface area contributed by atoms with E-state index in [1.165, 1.54) is 24.3 Å². The third kappa shape index (κ3) is 13.0. The van der Waals surface area contributed by atoms with E-state index in [-0.39, 0.29) is 71.8 Å². The standard InChI is InChI=1S/C12H15N3O4.C12H19N3O.C8H6ClNO4.Al.Li.4H/c1-13-4-6-14(7-5-13)9-2-3-11(15(18)19)10(8-9)12(16)17;1-14-4-6-15(7-5-14)11-2-3-12(13)10(8-11)9-16;1-14-8(11)6-4-5(9)2-3-7(6)10(12)13;;;;;;/h2-3,8H,4-7H2,1H3,(H,16,17);2-3,8,16H,4-7,9,13H2,1H3;2-4H,1H3;;;;;;/q;;;;+1;;;;-1. The predicted molar refractivity (Wildman–Crippen MR) is 197 cm³/mol. The molecular formula is C32H44AlClLiN7O9. The van der Waals surface area contributed by atoms with Gasteiger partial charge in [-0.3, -0.25) is 20.2 Å². The molecule has 16 nitrogen and oxygen atoms in total. The molecule has 2 aliphatic heterocycles. The number of aliphatic hydroxyl groups is 1. The number of aliphatic hydroxyl groups excluding tert-OH is 1. The van der Waals surface area contributed by atoms with Gasteiger partial charge in [0.15, 0.2) is 17.4 Å². The van der Waals surface area contributed by atoms with Crippen molar-refractivity contribution in [1.29, 1.82) is 0 Å². The molecule has 3 aromatic carbocycles. The summed E-state index contributed by atoms with van der Waals surface area (Å²) in [4.78, 5) is 51.0. The summed E-state index contributed by atoms with van der Waals surface area (Å²) in [7, 11) is 5.31. The number of carbonyl (C=O) groups excluding carboxylic acids is 1. The van der Waals surface area contributed by atoms with E-state index in [1.54, 1.807) is 6.07 Å². The van der Waals surface area contributed by atoms with Gasteiger partial charge in [-0.25, -0.2) is 9.59 Å². The molecule has 0 bridgehead atoms. The first-order chi connectivity index (χ1) is 23.2. The van der Waals surface area contributed by atoms with Gasteiger partial charge >= 0.3 is 30.8 Å². The van der Waals surface area contributed by atoms with Crippen LogP contribution in [-0.2, 0) is 11.3 Å². The number of nitrogens with zero attached hydrogens (tertiary/aromatic N) is 6. The molecule has 5 rings (SSSR count). The van der Waals surface area contributed by atoms with Crippen LogP contribution in [0.3, 0.4) is 0 Å². The smallest absolute Gasteiger partial charge is 1.00 e. The fourth-order valence-electron chi connectivity index (χ4n) is 5.05. The molecule has 4 N–H and O–H groups in total. The average molecular weight is 740 g/mol. The first-order valence-corrected chi connectivity index (χ1v) is 15.5. The van der Waals surface area contributed by atoms with E-state index in [0.717, 1.165) is 82.5 Å². The van der Waals surface area contributed by atoms with Crippen LogP contribution in [0.2, 0.25) is 5.02 Å². The van der Waals surface area contributed by atoms with Gasteiger partial charge in [-0.05, 0) is 56.6 Å². The Morgan fingerprint density at radius 3 is 1.73 bits per heavy atom. The van der Waals surface area contributed by atoms with Crippen LogP contribution in [-0.4, -0.2) is 133 Å². The Morgan fingerprint density at radius 2 is 1.27 bits per heavy atom. The maximum absolute atomic E-state index is 11.1. The number of carbonyl (C=O) groups is 2. The largest absolute Gasteiger partial charge is 1.00 e. The zero-order valence-electron chi connectivity index (χ0n) is 29.5. The van der Waals surface area contributed by atoms with Crippen LogP contribution in [0.1, 0.15) is 27.7 Å². The van der Waals surface area contributed by atoms with Crippen molar-refractivity contribution in [3.8, 4) is 0 Å². The SMILES string of the molecule is CN1CCN(c2ccc(N)c(CO)c2)CC1.CN1CCN(c2ccc([N+](=O)[O-])c(C(=O)O)c2)CC1.COC(=O)c1cc(Cl)ccc1[N+](=O)[O-].[AlH3].[H-].[Li+]. The molecule has 51 heavy (non-hydrogen) atoms. The summed E-state index contributed by atoms with van der Waals surface area (Å²) in [6.45, 7) is 7.58. The summed E-state index contributed by atoms with van der Waals surface area (Å²) >= 11 is 5.59. The molecule has 0 amide bonds. The van der Waals surface area contributed by atoms with E-state index in [4.69, 9.17) is 22.4 Å². The van der Waals surface area contributed by atoms with Crippen molar-refractivity contribution < 1.29 is 54.7 Å². The first kappa shape index (κ1) is 45.1. The van der Waals surface area contributed by atoms with Gasteiger partial charge in [0.1, 0.15) is 11.1 Å². The molecule has 2 saturated heterocycles. The maximum atomic E-state index is 11.1. The molecule has 0 atom stereocenters. The minimum Gasteiger partial charge on any atom is -1.00 e. The van der Waals surface area contributed by atoms with Gasteiger partial charge < -0.3 is 41.7 Å². The number of nitrogens with two attached hydrogens (primary N) is 1. The van der Waals surface area contributed by atoms with Crippen molar-refractivity contribution in [2.24, 2.45) is 0 Å². The quantitative estimate of drug-likeness (QED) is 0.0920. The minimum atomic E-state index is -1.28. The third-order valence-corrected chi connectivity index (χ3v) is 8.24. The molecule has 0 aromatic heterocycles. The molecule has 0 spiro atoms. The van der Waals surface area contributed by atoms with E-state index >= 15 is 0 Å². The Morgan fingerprint density at radius 1 is 0.824 bits per heavy atom. The zero-order chi connectivity index (χ0) is 36.2. The summed E-state index contributed by atoms with van der Waals surface area (Å²) in [5, 5.41) is 39.8. The fraction of sp³-hybridized carbons (Fsp3) is 0.375. The third-order valence-electron chi connectivity index (χ3n) is 8.00. The average Bonchev–Trinajstić information content (AvgIpc) is 3.09. The van der Waals surface area contributed by atoms with Gasteiger partial charge in [0.05, 0.1) is 23.6 Å². The number of hydrogen-bond donors (Lipinski definition) is 3. The summed E-state index contributed by atoms with van der Waals surface area (Å²) < 4.78 is 4.38. The number of benzene rings is 3. The monoisotopic (exact) mass is 739 g/mol. The van der Waals surface area contributed by atoms with Crippen LogP contribution in [0.25, 0.3) is 0 Å². The number of nitro benzene ring substituents is 2. The van der Waals surface area contributed by atoms with Crippen molar-refractivity contribution in [3.63, 3.8) is 0 Å². The van der Waals surface area contributed by atoms with Gasteiger partial charge in [-0.2, -0.15) is 0 Å². The number of piperazine rings is 2. The van der Waals surface area contributed by atoms with Crippen LogP contribution >= 0.6 is 11.6 Å². The molecule has 2 heterocycles. The minimum absolute atomic E-state index is 0. The molecule has 0 saturated carbocycles. The van der Waals surface area contributed by atoms with E-state index in [2.05, 4.69) is 26.5 Å². The number of carboxylic acid groups (broad SMARTS) is 1. The summed E-state index contributed by atoms with van der Waals surface area (Å²) in [5.41, 5.74) is 8.03. The summed E-state index contributed by atoms with van der Waals surface area (Å²) in [6, 6.07) is 13.8. The maximum Gasteiger partial charge on any atom is 1.00 e. The molecule has 19 heteroatoms. The van der Waals surface area contributed by atoms with Crippen molar-refractivity contribution >= 4 is 69.3 Å². The van der Waals surface area contributed by atoms with Crippen LogP contribution in [0.5, 0.6) is 0 Å². The second kappa shape index (κ2) is 21.5. The Labute approximate surface area is 324 Å². The predicted octanol–water partition coefficient (Wildman–Crippen LogP) is -0.475. The number of hydrogen-bond acceptors (Lipinski definition) is 13. The number of rotatable bonds is 7. The Bertz CT molecular complexity index is 1660. The number of nitro groups is 2. The second-order valence-corrected chi connectivity index (χ2v) is 11.7. The topological polar surface area (TPSA) is 209 Å². The fourth-order valence-corrected chi connectivity index (χ4v) is 5.22. The molecule has 3 aromatic rings. The van der Waals surface area contributed by atoms with E-state index < -0.39 is 21.8 Å². The zero-order valence-corrected chi connectivity index (χ0v) is 29.2. The van der Waals surface area contributed by atoms with Crippen LogP contribution in [0, 0.1) is 20.2 Å². The number of methoxy groups -OCH3 is 1. The number of likely N-dealkylation sites (N-methyl/N-ethyl adjacent to an activating group) is 2. The van der Waals surface area contributed by atoms with Crippen molar-refractivity contribution in [2.45, 2.75) is 6.61 Å². The number of halogens is 1. The van der Waals surface area contributed by atoms with Crippen molar-refractivity contribution in [1.82, 2.24) is 9.80 Å². The molecular weight excluding hydrogens is 696 g/mol. The van der Waals surface area contributed by atoms with Gasteiger partial charge in [0.2, 0.25) is 0 Å². The Balaban J connectivity index is 0.000000738. The van der Waals surface area contributed by atoms with Gasteiger partial charge in [0.25, 0.3) is 11.4 Å². The van der Waals surface area contributed by atoms with Crippen LogP contribution in [0.4, 0.5) is 28.4 Å². The number of aromatic carboxylic acids is 1. The van der Waals surface area contributed by atoms with Crippen LogP contribution < -0.4 is 34.4 Å². The number of anilines is 3. The number of nitrogen functional groups attached to an aromatic ring is 1. The second-order valence-electron chi connectivity index (χ2n) is 11.3. The number of esters is 1. The number of carboxylic acids is 1. The van der Waals surface area contributed by atoms with Crippen molar-refractivity contribution in [2.75, 3.05) is 89.1 Å². The van der Waals surface area contributed by atoms with E-state index in [9.17, 15) is 34.9 Å². The normalized spacial score (nSPS) is 14.3. The summed E-state index contributed by atoms with van der Waals surface area (Å²) in [5.74, 6) is -2.05. The molecule has 2 aliphatic rings. The molecule has 272 valence electrons. The van der Waals surface area contributed by atoms with Gasteiger partial charge in [0, 0.05) is 92.1 Å². The first-order valence-electron chi connectivity index (χ1n) is 15.2. The molecule has 0 radical (unpaired) electrons. The molecule has 0 unspecified atom stereocenters. The molecule has 0 aliphatic carbocycles. The molecule has 2 fully saturated rings. The Kier molecular flexibility index (Phi) is 19.0. The van der Waals surface area contributed by atoms with E-state index in [0.29, 0.717) is 5.69 Å². The summed E-state index contributed by atoms with van der Waals surface area (Å²) in [6.07, 6.45) is 0. The van der Waals surface area contributed by atoms with Crippen LogP contribution in [0.15, 0.2) is 54.6 Å². The van der Waals surface area contributed by atoms with Crippen molar-refractivity contribution in [3.05, 3.63) is 96.5 Å². The van der Waals surface area contributed by atoms with Gasteiger partial charge in [-0.15, -0.1) is 0 Å². The van der Waals surface area contributed by atoms with E-state index in [1.807, 2.05) is 30.1 Å². The number of ether oxygens (including phenoxy) is 1. The van der Waals surface area contributed by atoms with Gasteiger partial charge in [-0.1, -0.05) is 11.6 Å². The Hall–Kier alpha value is -3.90.